The lowest BCUT2D eigenvalue weighted by Crippen LogP contribution is -2.31. The summed E-state index contributed by atoms with van der Waals surface area (Å²) in [6.07, 6.45) is 6.02. The van der Waals surface area contributed by atoms with Gasteiger partial charge >= 0.3 is 6.18 Å². The summed E-state index contributed by atoms with van der Waals surface area (Å²) in [5, 5.41) is 0. The molecule has 1 aromatic heterocycles. The summed E-state index contributed by atoms with van der Waals surface area (Å²) >= 11 is 0. The van der Waals surface area contributed by atoms with Crippen LogP contribution in [0.1, 0.15) is 158 Å². The lowest BCUT2D eigenvalue weighted by atomic mass is 9.81. The number of carbonyl (C=O) groups excluding carboxylic acids is 1. The predicted molar refractivity (Wildman–Crippen MR) is 199 cm³/mol. The van der Waals surface area contributed by atoms with E-state index in [1.165, 1.54) is 12.5 Å². The number of allylic oxidation sites excluding steroid dienone is 4. The van der Waals surface area contributed by atoms with Crippen LogP contribution in [-0.4, -0.2) is 16.9 Å². The first kappa shape index (κ1) is 50.9. The van der Waals surface area contributed by atoms with Gasteiger partial charge in [0.15, 0.2) is 5.78 Å². The van der Waals surface area contributed by atoms with E-state index in [1.807, 2.05) is 30.5 Å². The summed E-state index contributed by atoms with van der Waals surface area (Å²) in [4.78, 5) is 15.4. The summed E-state index contributed by atoms with van der Waals surface area (Å²) in [5.74, 6) is 0.625. The number of nitrogens with zero attached hydrogens (tertiary/aromatic N) is 1. The predicted octanol–water partition coefficient (Wildman–Crippen LogP) is 14.1. The zero-order chi connectivity index (χ0) is 36.8. The molecule has 0 N–H and O–H groups in total. The van der Waals surface area contributed by atoms with Crippen molar-refractivity contribution < 1.29 is 18.0 Å². The molecule has 272 valence electrons. The highest BCUT2D eigenvalue weighted by molar-refractivity contribution is 5.98. The molecule has 2 rings (SSSR count). The molecule has 0 amide bonds. The van der Waals surface area contributed by atoms with E-state index in [2.05, 4.69) is 122 Å². The van der Waals surface area contributed by atoms with E-state index in [4.69, 9.17) is 0 Å². The molecule has 0 unspecified atom stereocenters. The van der Waals surface area contributed by atoms with E-state index in [1.54, 1.807) is 27.0 Å². The first-order chi connectivity index (χ1) is 19.7. The first-order valence-electron chi connectivity index (χ1n) is 16.5. The molecule has 0 fully saturated rings. The number of alkyl halides is 3. The van der Waals surface area contributed by atoms with Gasteiger partial charge in [-0.15, -0.1) is 0 Å². The Kier molecular flexibility index (Phi) is 22.6. The first-order valence-corrected chi connectivity index (χ1v) is 16.5. The van der Waals surface area contributed by atoms with Crippen LogP contribution >= 0.6 is 0 Å². The van der Waals surface area contributed by atoms with Crippen molar-refractivity contribution in [3.05, 3.63) is 53.9 Å². The summed E-state index contributed by atoms with van der Waals surface area (Å²) in [6, 6.07) is 4.08. The second-order valence-electron chi connectivity index (χ2n) is 18.0. The molecule has 0 spiro atoms. The Balaban J connectivity index is -0.000000241. The second-order valence-corrected chi connectivity index (χ2v) is 18.0. The molecular weight excluding hydrogens is 579 g/mol. The standard InChI is InChI=1S/C10H14O.C9H13N.C7H13F3.2C7H16.CH4/c1-10(2,3)8-6-4-5-7-9(8)11;1-9(2,3)8-5-4-6-10-7-8;1-5(6(2,3)4)7(8,9)10;2*1-6(2)7(3,4)5;/h4-6H,7H2,1-3H3;4-7H,1-3H3;5H,1-4H3;2*6H,1-5H3;1H4/t;;5-;;;/m..0.../s1. The molecule has 2 nitrogen and oxygen atoms in total. The number of halogens is 3. The maximum absolute atomic E-state index is 11.9. The fourth-order valence-electron chi connectivity index (χ4n) is 2.51. The Bertz CT molecular complexity index is 964. The van der Waals surface area contributed by atoms with Gasteiger partial charge in [0.05, 0.1) is 5.92 Å². The highest BCUT2D eigenvalue weighted by Crippen LogP contribution is 2.38. The molecule has 1 aliphatic rings. The Morgan fingerprint density at radius 2 is 1.07 bits per heavy atom. The van der Waals surface area contributed by atoms with Crippen molar-refractivity contribution in [2.24, 2.45) is 39.4 Å². The van der Waals surface area contributed by atoms with Crippen LogP contribution in [0.25, 0.3) is 0 Å². The molecule has 0 saturated heterocycles. The van der Waals surface area contributed by atoms with Gasteiger partial charge < -0.3 is 0 Å². The molecule has 5 heteroatoms. The zero-order valence-electron chi connectivity index (χ0n) is 33.0. The maximum Gasteiger partial charge on any atom is 0.392 e. The van der Waals surface area contributed by atoms with E-state index in [0.29, 0.717) is 17.3 Å². The van der Waals surface area contributed by atoms with Gasteiger partial charge in [-0.05, 0) is 50.5 Å². The van der Waals surface area contributed by atoms with Crippen LogP contribution < -0.4 is 0 Å². The summed E-state index contributed by atoms with van der Waals surface area (Å²) in [7, 11) is 0. The molecule has 1 atom stereocenters. The van der Waals surface area contributed by atoms with Crippen LogP contribution in [0, 0.1) is 39.4 Å². The number of hydrogen-bond donors (Lipinski definition) is 0. The molecule has 0 bridgehead atoms. The average Bonchev–Trinajstić information content (AvgIpc) is 2.82. The topological polar surface area (TPSA) is 30.0 Å². The Labute approximate surface area is 285 Å². The third kappa shape index (κ3) is 25.2. The largest absolute Gasteiger partial charge is 0.392 e. The van der Waals surface area contributed by atoms with Gasteiger partial charge in [-0.25, -0.2) is 0 Å². The van der Waals surface area contributed by atoms with Crippen molar-refractivity contribution in [3.8, 4) is 0 Å². The molecule has 0 aromatic carbocycles. The average molecular weight is 656 g/mol. The van der Waals surface area contributed by atoms with E-state index in [0.717, 1.165) is 17.4 Å². The highest BCUT2D eigenvalue weighted by atomic mass is 19.4. The third-order valence-corrected chi connectivity index (χ3v) is 8.59. The summed E-state index contributed by atoms with van der Waals surface area (Å²) < 4.78 is 35.8. The second kappa shape index (κ2) is 20.5. The molecule has 0 saturated carbocycles. The normalized spacial score (nSPS) is 14.5. The monoisotopic (exact) mass is 656 g/mol. The van der Waals surface area contributed by atoms with Gasteiger partial charge in [0, 0.05) is 24.4 Å². The maximum atomic E-state index is 11.9. The van der Waals surface area contributed by atoms with Gasteiger partial charge in [-0.2, -0.15) is 13.2 Å². The lowest BCUT2D eigenvalue weighted by Gasteiger charge is -2.28. The summed E-state index contributed by atoms with van der Waals surface area (Å²) in [5.41, 5.74) is 2.78. The van der Waals surface area contributed by atoms with Crippen LogP contribution in [0.3, 0.4) is 0 Å². The van der Waals surface area contributed by atoms with Gasteiger partial charge in [-0.3, -0.25) is 9.78 Å². The SMILES string of the molecule is C.CC(C)(C)C1=CC=CCC1=O.CC(C)(C)c1cccnc1.CC(C)C(C)(C)C.CC(C)C(C)(C)C.C[C@@H](C(C)(C)C)C(F)(F)F. The smallest absolute Gasteiger partial charge is 0.294 e. The molecule has 0 radical (unpaired) electrons. The van der Waals surface area contributed by atoms with Gasteiger partial charge in [0.25, 0.3) is 0 Å². The third-order valence-electron chi connectivity index (χ3n) is 8.59. The molecule has 1 aliphatic carbocycles. The van der Waals surface area contributed by atoms with Crippen LogP contribution in [0.5, 0.6) is 0 Å². The Morgan fingerprint density at radius 3 is 1.22 bits per heavy atom. The fourth-order valence-corrected chi connectivity index (χ4v) is 2.51. The number of rotatable bonds is 0. The minimum absolute atomic E-state index is 0. The minimum atomic E-state index is -4.06. The molecule has 0 aliphatic heterocycles. The number of ketones is 1. The number of Topliss-reactive ketones (excluding diaryl/α,β-unsaturated/α-hetero) is 1. The van der Waals surface area contributed by atoms with E-state index in [-0.39, 0.29) is 24.0 Å². The van der Waals surface area contributed by atoms with Crippen molar-refractivity contribution in [2.75, 3.05) is 0 Å². The number of aromatic nitrogens is 1. The van der Waals surface area contributed by atoms with Crippen molar-refractivity contribution in [2.45, 2.75) is 164 Å². The van der Waals surface area contributed by atoms with Crippen LogP contribution in [0.4, 0.5) is 13.2 Å². The minimum Gasteiger partial charge on any atom is -0.294 e. The molecule has 1 aromatic rings. The Hall–Kier alpha value is -1.91. The molecule has 1 heterocycles. The quantitative estimate of drug-likeness (QED) is 0.278. The van der Waals surface area contributed by atoms with Crippen molar-refractivity contribution in [1.29, 1.82) is 0 Å². The molecule has 46 heavy (non-hydrogen) atoms. The zero-order valence-corrected chi connectivity index (χ0v) is 33.0. The lowest BCUT2D eigenvalue weighted by molar-refractivity contribution is -0.194. The van der Waals surface area contributed by atoms with Crippen LogP contribution in [-0.2, 0) is 10.2 Å². The number of hydrogen-bond acceptors (Lipinski definition) is 2. The summed E-state index contributed by atoms with van der Waals surface area (Å²) in [6.45, 7) is 41.3. The van der Waals surface area contributed by atoms with Gasteiger partial charge in [0.2, 0.25) is 0 Å². The van der Waals surface area contributed by atoms with E-state index >= 15 is 0 Å². The highest BCUT2D eigenvalue weighted by Gasteiger charge is 2.43. The van der Waals surface area contributed by atoms with E-state index < -0.39 is 17.5 Å². The van der Waals surface area contributed by atoms with E-state index in [9.17, 15) is 18.0 Å². The van der Waals surface area contributed by atoms with Crippen molar-refractivity contribution >= 4 is 5.78 Å². The van der Waals surface area contributed by atoms with Crippen LogP contribution in [0.15, 0.2) is 48.3 Å². The number of pyridine rings is 1. The molecular formula is C41H76F3NO. The van der Waals surface area contributed by atoms with Gasteiger partial charge in [0.1, 0.15) is 0 Å². The van der Waals surface area contributed by atoms with Crippen LogP contribution in [0.2, 0.25) is 0 Å². The van der Waals surface area contributed by atoms with Crippen molar-refractivity contribution in [1.82, 2.24) is 4.98 Å². The fraction of sp³-hybridized carbons (Fsp3) is 0.756. The van der Waals surface area contributed by atoms with Crippen molar-refractivity contribution in [3.63, 3.8) is 0 Å². The Morgan fingerprint density at radius 1 is 0.674 bits per heavy atom. The number of carbonyl (C=O) groups is 1. The van der Waals surface area contributed by atoms with Gasteiger partial charge in [-0.1, -0.05) is 170 Å².